The Morgan fingerprint density at radius 3 is 2.75 bits per heavy atom. The zero-order valence-corrected chi connectivity index (χ0v) is 9.86. The average Bonchev–Trinajstić information content (AvgIpc) is 2.72. The molecule has 16 heavy (non-hydrogen) atoms. The summed E-state index contributed by atoms with van der Waals surface area (Å²) in [4.78, 5) is 0. The van der Waals surface area contributed by atoms with Gasteiger partial charge >= 0.3 is 0 Å². The number of thioether (sulfide) groups is 1. The van der Waals surface area contributed by atoms with Gasteiger partial charge in [0.1, 0.15) is 0 Å². The van der Waals surface area contributed by atoms with Crippen molar-refractivity contribution >= 4 is 17.4 Å². The first-order valence-electron chi connectivity index (χ1n) is 5.24. The highest BCUT2D eigenvalue weighted by Gasteiger charge is 1.95. The molecular formula is C12H15N3S. The van der Waals surface area contributed by atoms with E-state index < -0.39 is 0 Å². The molecule has 2 N–H and O–H groups in total. The summed E-state index contributed by atoms with van der Waals surface area (Å²) in [7, 11) is 0. The summed E-state index contributed by atoms with van der Waals surface area (Å²) in [5.74, 6) is 2.10. The molecule has 0 amide bonds. The second-order valence-electron chi connectivity index (χ2n) is 3.57. The standard InChI is InChI=1S/C12H15N3S/c13-12-8-14-15(9-12)6-7-16-10-11-4-2-1-3-5-11/h1-5,8-9H,6-7,10,13H2. The van der Waals surface area contributed by atoms with Gasteiger partial charge in [0.15, 0.2) is 0 Å². The molecule has 0 radical (unpaired) electrons. The number of aryl methyl sites for hydroxylation is 1. The molecule has 0 saturated carbocycles. The first kappa shape index (κ1) is 11.1. The summed E-state index contributed by atoms with van der Waals surface area (Å²) < 4.78 is 1.88. The first-order valence-corrected chi connectivity index (χ1v) is 6.39. The molecule has 2 rings (SSSR count). The normalized spacial score (nSPS) is 10.5. The minimum absolute atomic E-state index is 0.730. The Bertz CT molecular complexity index is 425. The van der Waals surface area contributed by atoms with Crippen LogP contribution in [0.2, 0.25) is 0 Å². The van der Waals surface area contributed by atoms with E-state index in [0.29, 0.717) is 0 Å². The number of benzene rings is 1. The quantitative estimate of drug-likeness (QED) is 0.806. The molecular weight excluding hydrogens is 218 g/mol. The number of nitrogens with zero attached hydrogens (tertiary/aromatic N) is 2. The van der Waals surface area contributed by atoms with Gasteiger partial charge in [-0.2, -0.15) is 16.9 Å². The Morgan fingerprint density at radius 2 is 2.06 bits per heavy atom. The largest absolute Gasteiger partial charge is 0.396 e. The fourth-order valence-corrected chi connectivity index (χ4v) is 2.31. The molecule has 0 unspecified atom stereocenters. The van der Waals surface area contributed by atoms with Gasteiger partial charge in [-0.3, -0.25) is 4.68 Å². The van der Waals surface area contributed by atoms with Gasteiger partial charge in [-0.25, -0.2) is 0 Å². The van der Waals surface area contributed by atoms with Crippen molar-refractivity contribution in [3.05, 3.63) is 48.3 Å². The van der Waals surface area contributed by atoms with Gasteiger partial charge in [0.2, 0.25) is 0 Å². The smallest absolute Gasteiger partial charge is 0.0719 e. The van der Waals surface area contributed by atoms with E-state index >= 15 is 0 Å². The van der Waals surface area contributed by atoms with Crippen molar-refractivity contribution < 1.29 is 0 Å². The van der Waals surface area contributed by atoms with E-state index in [0.717, 1.165) is 23.7 Å². The monoisotopic (exact) mass is 233 g/mol. The molecule has 0 aliphatic rings. The minimum Gasteiger partial charge on any atom is -0.396 e. The molecule has 0 fully saturated rings. The lowest BCUT2D eigenvalue weighted by Gasteiger charge is -2.02. The highest BCUT2D eigenvalue weighted by molar-refractivity contribution is 7.98. The van der Waals surface area contributed by atoms with E-state index in [2.05, 4.69) is 29.4 Å². The van der Waals surface area contributed by atoms with Gasteiger partial charge in [-0.05, 0) is 5.56 Å². The van der Waals surface area contributed by atoms with Gasteiger partial charge < -0.3 is 5.73 Å². The molecule has 1 heterocycles. The number of rotatable bonds is 5. The van der Waals surface area contributed by atoms with Crippen molar-refractivity contribution in [3.8, 4) is 0 Å². The fourth-order valence-electron chi connectivity index (χ4n) is 1.42. The van der Waals surface area contributed by atoms with Crippen LogP contribution in [-0.2, 0) is 12.3 Å². The summed E-state index contributed by atoms with van der Waals surface area (Å²) in [6.45, 7) is 0.911. The predicted octanol–water partition coefficient (Wildman–Crippen LogP) is 2.40. The number of nitrogen functional groups attached to an aromatic ring is 1. The van der Waals surface area contributed by atoms with Gasteiger partial charge in [0.25, 0.3) is 0 Å². The third-order valence-electron chi connectivity index (χ3n) is 2.23. The van der Waals surface area contributed by atoms with Crippen molar-refractivity contribution in [1.29, 1.82) is 0 Å². The summed E-state index contributed by atoms with van der Waals surface area (Å²) >= 11 is 1.91. The maximum absolute atomic E-state index is 5.58. The molecule has 2 aromatic rings. The molecule has 1 aromatic carbocycles. The van der Waals surface area contributed by atoms with Gasteiger partial charge in [-0.15, -0.1) is 0 Å². The van der Waals surface area contributed by atoms with Crippen molar-refractivity contribution in [2.24, 2.45) is 0 Å². The number of anilines is 1. The number of hydrogen-bond donors (Lipinski definition) is 1. The fraction of sp³-hybridized carbons (Fsp3) is 0.250. The van der Waals surface area contributed by atoms with Crippen molar-refractivity contribution in [2.75, 3.05) is 11.5 Å². The van der Waals surface area contributed by atoms with Crippen LogP contribution in [0.15, 0.2) is 42.7 Å². The highest BCUT2D eigenvalue weighted by atomic mass is 32.2. The molecule has 84 valence electrons. The van der Waals surface area contributed by atoms with Crippen LogP contribution in [0, 0.1) is 0 Å². The average molecular weight is 233 g/mol. The highest BCUT2D eigenvalue weighted by Crippen LogP contribution is 2.12. The van der Waals surface area contributed by atoms with Gasteiger partial charge in [-0.1, -0.05) is 30.3 Å². The molecule has 1 aromatic heterocycles. The van der Waals surface area contributed by atoms with Crippen LogP contribution in [0.25, 0.3) is 0 Å². The SMILES string of the molecule is Nc1cnn(CCSCc2ccccc2)c1. The molecule has 0 spiro atoms. The third-order valence-corrected chi connectivity index (χ3v) is 3.24. The van der Waals surface area contributed by atoms with Crippen LogP contribution in [0.3, 0.4) is 0 Å². The van der Waals surface area contributed by atoms with Crippen LogP contribution in [0.4, 0.5) is 5.69 Å². The van der Waals surface area contributed by atoms with Crippen LogP contribution in [0.1, 0.15) is 5.56 Å². The predicted molar refractivity (Wildman–Crippen MR) is 69.2 cm³/mol. The maximum Gasteiger partial charge on any atom is 0.0719 e. The Kier molecular flexibility index (Phi) is 3.88. The minimum atomic E-state index is 0.730. The zero-order chi connectivity index (χ0) is 11.2. The van der Waals surface area contributed by atoms with Crippen LogP contribution >= 0.6 is 11.8 Å². The van der Waals surface area contributed by atoms with E-state index in [1.54, 1.807) is 6.20 Å². The molecule has 0 saturated heterocycles. The van der Waals surface area contributed by atoms with E-state index in [4.69, 9.17) is 5.73 Å². The van der Waals surface area contributed by atoms with E-state index in [1.807, 2.05) is 28.7 Å². The Morgan fingerprint density at radius 1 is 1.25 bits per heavy atom. The lowest BCUT2D eigenvalue weighted by molar-refractivity contribution is 0.666. The molecule has 0 aliphatic carbocycles. The van der Waals surface area contributed by atoms with E-state index in [9.17, 15) is 0 Å². The summed E-state index contributed by atoms with van der Waals surface area (Å²) in [5.41, 5.74) is 7.68. The van der Waals surface area contributed by atoms with Crippen molar-refractivity contribution in [2.45, 2.75) is 12.3 Å². The number of nitrogens with two attached hydrogens (primary N) is 1. The molecule has 0 atom stereocenters. The first-order chi connectivity index (χ1) is 7.84. The summed E-state index contributed by atoms with van der Waals surface area (Å²) in [5, 5.41) is 4.14. The second kappa shape index (κ2) is 5.61. The summed E-state index contributed by atoms with van der Waals surface area (Å²) in [6, 6.07) is 10.5. The zero-order valence-electron chi connectivity index (χ0n) is 9.04. The van der Waals surface area contributed by atoms with Crippen molar-refractivity contribution in [1.82, 2.24) is 9.78 Å². The second-order valence-corrected chi connectivity index (χ2v) is 4.68. The summed E-state index contributed by atoms with van der Waals surface area (Å²) in [6.07, 6.45) is 3.55. The molecule has 0 bridgehead atoms. The third kappa shape index (κ3) is 3.31. The van der Waals surface area contributed by atoms with E-state index in [-0.39, 0.29) is 0 Å². The van der Waals surface area contributed by atoms with Gasteiger partial charge in [0, 0.05) is 17.7 Å². The van der Waals surface area contributed by atoms with Crippen LogP contribution < -0.4 is 5.73 Å². The number of hydrogen-bond acceptors (Lipinski definition) is 3. The number of aromatic nitrogens is 2. The molecule has 4 heteroatoms. The Labute approximate surface area is 99.7 Å². The topological polar surface area (TPSA) is 43.8 Å². The lowest BCUT2D eigenvalue weighted by Crippen LogP contribution is -2.00. The van der Waals surface area contributed by atoms with Gasteiger partial charge in [0.05, 0.1) is 18.4 Å². The van der Waals surface area contributed by atoms with Crippen LogP contribution in [-0.4, -0.2) is 15.5 Å². The van der Waals surface area contributed by atoms with Crippen LogP contribution in [0.5, 0.6) is 0 Å². The van der Waals surface area contributed by atoms with E-state index in [1.165, 1.54) is 5.56 Å². The molecule has 3 nitrogen and oxygen atoms in total. The Hall–Kier alpha value is -1.42. The molecule has 0 aliphatic heterocycles. The van der Waals surface area contributed by atoms with Crippen molar-refractivity contribution in [3.63, 3.8) is 0 Å². The maximum atomic E-state index is 5.58. The lowest BCUT2D eigenvalue weighted by atomic mass is 10.2. The Balaban J connectivity index is 1.69.